The van der Waals surface area contributed by atoms with Gasteiger partial charge in [0.25, 0.3) is 0 Å². The molecule has 1 aromatic heterocycles. The smallest absolute Gasteiger partial charge is 0.105 e. The van der Waals surface area contributed by atoms with E-state index in [1.165, 1.54) is 32.9 Å². The molecule has 3 heteroatoms. The quantitative estimate of drug-likeness (QED) is 0.302. The molecular formula is C30H30NOP. The van der Waals surface area contributed by atoms with Gasteiger partial charge in [0.05, 0.1) is 19.5 Å². The zero-order valence-corrected chi connectivity index (χ0v) is 20.5. The highest BCUT2D eigenvalue weighted by Crippen LogP contribution is 2.46. The van der Waals surface area contributed by atoms with Crippen LogP contribution >= 0.6 is 8.15 Å². The second kappa shape index (κ2) is 9.59. The zero-order valence-electron chi connectivity index (χ0n) is 19.6. The van der Waals surface area contributed by atoms with Gasteiger partial charge in [-0.3, -0.25) is 0 Å². The van der Waals surface area contributed by atoms with Gasteiger partial charge in [-0.2, -0.15) is 0 Å². The molecule has 0 aliphatic heterocycles. The molecule has 0 N–H and O–H groups in total. The highest BCUT2D eigenvalue weighted by atomic mass is 31.1. The number of aromatic nitrogens is 1. The Hall–Kier alpha value is -2.80. The van der Waals surface area contributed by atoms with Crippen molar-refractivity contribution in [2.24, 2.45) is 0 Å². The first-order valence-electron chi connectivity index (χ1n) is 11.8. The van der Waals surface area contributed by atoms with Gasteiger partial charge in [0.2, 0.25) is 0 Å². The average Bonchev–Trinajstić information content (AvgIpc) is 2.84. The van der Waals surface area contributed by atoms with Crippen LogP contribution in [0.5, 0.6) is 0 Å². The fourth-order valence-corrected chi connectivity index (χ4v) is 6.91. The Labute approximate surface area is 198 Å². The lowest BCUT2D eigenvalue weighted by molar-refractivity contribution is 0.205. The van der Waals surface area contributed by atoms with E-state index < -0.39 is 8.15 Å². The summed E-state index contributed by atoms with van der Waals surface area (Å²) in [6.45, 7) is 6.61. The van der Waals surface area contributed by atoms with E-state index in [4.69, 9.17) is 9.51 Å². The molecule has 0 saturated carbocycles. The summed E-state index contributed by atoms with van der Waals surface area (Å²) >= 11 is 0. The van der Waals surface area contributed by atoms with Crippen LogP contribution in [0.1, 0.15) is 46.9 Å². The second-order valence-electron chi connectivity index (χ2n) is 8.91. The third-order valence-corrected chi connectivity index (χ3v) is 8.89. The number of hydrogen-bond donors (Lipinski definition) is 0. The van der Waals surface area contributed by atoms with E-state index in [-0.39, 0.29) is 6.10 Å². The van der Waals surface area contributed by atoms with Crippen molar-refractivity contribution < 1.29 is 4.52 Å². The first kappa shape index (κ1) is 22.0. The van der Waals surface area contributed by atoms with Gasteiger partial charge in [-0.15, -0.1) is 0 Å². The number of aryl methyl sites for hydroxylation is 3. The molecule has 4 aromatic rings. The van der Waals surface area contributed by atoms with E-state index in [1.54, 1.807) is 0 Å². The van der Waals surface area contributed by atoms with Crippen LogP contribution < -0.4 is 10.6 Å². The molecule has 5 rings (SSSR count). The van der Waals surface area contributed by atoms with Crippen LogP contribution in [0.25, 0.3) is 11.3 Å². The summed E-state index contributed by atoms with van der Waals surface area (Å²) in [6.07, 6.45) is 3.22. The first-order chi connectivity index (χ1) is 16.1. The van der Waals surface area contributed by atoms with Crippen LogP contribution in [0, 0.1) is 20.8 Å². The van der Waals surface area contributed by atoms with Crippen molar-refractivity contribution in [1.29, 1.82) is 0 Å². The van der Waals surface area contributed by atoms with Crippen LogP contribution in [-0.4, -0.2) is 4.98 Å². The molecule has 0 unspecified atom stereocenters. The number of rotatable bonds is 5. The van der Waals surface area contributed by atoms with Crippen LogP contribution in [0.15, 0.2) is 84.9 Å². The highest BCUT2D eigenvalue weighted by Gasteiger charge is 2.30. The van der Waals surface area contributed by atoms with Crippen molar-refractivity contribution in [3.05, 3.63) is 113 Å². The maximum Gasteiger partial charge on any atom is 0.105 e. The molecular weight excluding hydrogens is 421 g/mol. The third kappa shape index (κ3) is 4.51. The van der Waals surface area contributed by atoms with E-state index in [9.17, 15) is 0 Å². The molecule has 2 nitrogen and oxygen atoms in total. The Kier molecular flexibility index (Phi) is 6.40. The summed E-state index contributed by atoms with van der Waals surface area (Å²) in [6, 6.07) is 30.1. The minimum atomic E-state index is -0.953. The maximum atomic E-state index is 7.10. The van der Waals surface area contributed by atoms with Gasteiger partial charge >= 0.3 is 0 Å². The van der Waals surface area contributed by atoms with Crippen LogP contribution in [0.3, 0.4) is 0 Å². The number of fused-ring (bicyclic) bond motifs is 1. The lowest BCUT2D eigenvalue weighted by Gasteiger charge is -2.31. The summed E-state index contributed by atoms with van der Waals surface area (Å²) < 4.78 is 7.10. The number of pyridine rings is 1. The van der Waals surface area contributed by atoms with Gasteiger partial charge < -0.3 is 4.52 Å². The number of hydrogen-bond acceptors (Lipinski definition) is 2. The lowest BCUT2D eigenvalue weighted by atomic mass is 9.90. The summed E-state index contributed by atoms with van der Waals surface area (Å²) in [5, 5.41) is 2.59. The van der Waals surface area contributed by atoms with Crippen molar-refractivity contribution in [2.45, 2.75) is 46.1 Å². The Bertz CT molecular complexity index is 1220. The summed E-state index contributed by atoms with van der Waals surface area (Å²) in [4.78, 5) is 5.20. The molecule has 0 fully saturated rings. The monoisotopic (exact) mass is 451 g/mol. The molecule has 166 valence electrons. The number of nitrogens with zero attached hydrogens (tertiary/aromatic N) is 1. The van der Waals surface area contributed by atoms with E-state index in [0.717, 1.165) is 36.2 Å². The first-order valence-corrected chi connectivity index (χ1v) is 13.0. The van der Waals surface area contributed by atoms with Gasteiger partial charge in [0.15, 0.2) is 0 Å². The molecule has 1 atom stereocenters. The second-order valence-corrected chi connectivity index (χ2v) is 10.7. The van der Waals surface area contributed by atoms with Crippen molar-refractivity contribution in [3.8, 4) is 11.3 Å². The Morgan fingerprint density at radius 3 is 2.00 bits per heavy atom. The minimum Gasteiger partial charge on any atom is -0.340 e. The van der Waals surface area contributed by atoms with Gasteiger partial charge in [0, 0.05) is 16.2 Å². The van der Waals surface area contributed by atoms with Gasteiger partial charge in [-0.1, -0.05) is 78.9 Å². The van der Waals surface area contributed by atoms with Crippen molar-refractivity contribution >= 4 is 18.8 Å². The molecule has 33 heavy (non-hydrogen) atoms. The van der Waals surface area contributed by atoms with Crippen LogP contribution in [0.2, 0.25) is 0 Å². The number of benzene rings is 3. The minimum absolute atomic E-state index is 0.00133. The van der Waals surface area contributed by atoms with E-state index in [2.05, 4.69) is 106 Å². The van der Waals surface area contributed by atoms with Crippen LogP contribution in [-0.2, 0) is 10.9 Å². The third-order valence-electron chi connectivity index (χ3n) is 6.55. The molecule has 0 spiro atoms. The fourth-order valence-electron chi connectivity index (χ4n) is 4.73. The normalized spacial score (nSPS) is 15.5. The molecule has 0 bridgehead atoms. The average molecular weight is 452 g/mol. The van der Waals surface area contributed by atoms with Crippen molar-refractivity contribution in [3.63, 3.8) is 0 Å². The molecule has 0 amide bonds. The lowest BCUT2D eigenvalue weighted by Crippen LogP contribution is -2.22. The van der Waals surface area contributed by atoms with E-state index in [1.807, 2.05) is 0 Å². The van der Waals surface area contributed by atoms with E-state index in [0.29, 0.717) is 0 Å². The van der Waals surface area contributed by atoms with Gasteiger partial charge in [0.1, 0.15) is 6.10 Å². The summed E-state index contributed by atoms with van der Waals surface area (Å²) in [5.41, 5.74) is 8.59. The molecule has 1 aliphatic rings. The predicted octanol–water partition coefficient (Wildman–Crippen LogP) is 7.12. The van der Waals surface area contributed by atoms with Gasteiger partial charge in [-0.05, 0) is 68.4 Å². The fraction of sp³-hybridized carbons (Fsp3) is 0.233. The Balaban J connectivity index is 1.59. The standard InChI is InChI=1S/C30H30NOP/c1-21-12-7-9-18-28(21)33(29-19-10-8-13-22(29)2)32-27-17-11-16-25-23(3)20-26(31-30(25)27)24-14-5-4-6-15-24/h4-10,12-15,18-20,27H,11,16-17H2,1-3H3/t27-/m1/s1. The predicted molar refractivity (Wildman–Crippen MR) is 140 cm³/mol. The Morgan fingerprint density at radius 1 is 0.758 bits per heavy atom. The SMILES string of the molecule is Cc1ccccc1P(O[C@@H]1CCCc2c(C)cc(-c3ccccc3)nc21)c1ccccc1C. The van der Waals surface area contributed by atoms with Crippen molar-refractivity contribution in [2.75, 3.05) is 0 Å². The summed E-state index contributed by atoms with van der Waals surface area (Å²) in [7, 11) is -0.953. The molecule has 0 radical (unpaired) electrons. The van der Waals surface area contributed by atoms with Gasteiger partial charge in [-0.25, -0.2) is 4.98 Å². The van der Waals surface area contributed by atoms with Crippen LogP contribution in [0.4, 0.5) is 0 Å². The van der Waals surface area contributed by atoms with Crippen molar-refractivity contribution in [1.82, 2.24) is 4.98 Å². The molecule has 1 heterocycles. The maximum absolute atomic E-state index is 7.10. The summed E-state index contributed by atoms with van der Waals surface area (Å²) in [5.74, 6) is 0. The Morgan fingerprint density at radius 2 is 1.36 bits per heavy atom. The topological polar surface area (TPSA) is 22.1 Å². The molecule has 0 saturated heterocycles. The zero-order chi connectivity index (χ0) is 22.8. The van der Waals surface area contributed by atoms with E-state index >= 15 is 0 Å². The largest absolute Gasteiger partial charge is 0.340 e. The molecule has 3 aromatic carbocycles. The highest BCUT2D eigenvalue weighted by molar-refractivity contribution is 7.68. The molecule has 1 aliphatic carbocycles.